The van der Waals surface area contributed by atoms with Gasteiger partial charge in [0.05, 0.1) is 6.20 Å². The molecule has 0 bridgehead atoms. The quantitative estimate of drug-likeness (QED) is 0.667. The van der Waals surface area contributed by atoms with Crippen molar-refractivity contribution >= 4 is 17.3 Å². The minimum Gasteiger partial charge on any atom is -0.331 e. The highest BCUT2D eigenvalue weighted by Crippen LogP contribution is 2.18. The van der Waals surface area contributed by atoms with Crippen molar-refractivity contribution in [2.24, 2.45) is 7.05 Å². The Hall–Kier alpha value is -2.43. The molecule has 0 unspecified atom stereocenters. The standard InChI is InChI=1S/C14H14N4O/c1-17-8-11(7-16-17)4-6-18-9-12(10-19)13-3-2-5-15-14(13)18/h2-3,5,7-10H,4,6H2,1H3. The van der Waals surface area contributed by atoms with Crippen molar-refractivity contribution in [2.75, 3.05) is 0 Å². The maximum Gasteiger partial charge on any atom is 0.152 e. The van der Waals surface area contributed by atoms with Crippen LogP contribution in [0.5, 0.6) is 0 Å². The molecule has 0 aliphatic heterocycles. The van der Waals surface area contributed by atoms with E-state index in [1.807, 2.05) is 42.3 Å². The number of rotatable bonds is 4. The van der Waals surface area contributed by atoms with E-state index in [9.17, 15) is 4.79 Å². The predicted molar refractivity (Wildman–Crippen MR) is 72.0 cm³/mol. The van der Waals surface area contributed by atoms with E-state index in [1.165, 1.54) is 5.56 Å². The summed E-state index contributed by atoms with van der Waals surface area (Å²) in [5, 5.41) is 5.05. The van der Waals surface area contributed by atoms with Crippen molar-refractivity contribution in [1.29, 1.82) is 0 Å². The van der Waals surface area contributed by atoms with Crippen LogP contribution in [0.15, 0.2) is 36.9 Å². The number of hydrogen-bond donors (Lipinski definition) is 0. The van der Waals surface area contributed by atoms with Gasteiger partial charge in [-0.2, -0.15) is 5.10 Å². The van der Waals surface area contributed by atoms with E-state index in [4.69, 9.17) is 0 Å². The molecule has 0 N–H and O–H groups in total. The van der Waals surface area contributed by atoms with Crippen LogP contribution >= 0.6 is 0 Å². The molecule has 0 aliphatic rings. The van der Waals surface area contributed by atoms with Gasteiger partial charge >= 0.3 is 0 Å². The van der Waals surface area contributed by atoms with Gasteiger partial charge in [0.2, 0.25) is 0 Å². The molecule has 0 atom stereocenters. The van der Waals surface area contributed by atoms with Crippen molar-refractivity contribution in [1.82, 2.24) is 19.3 Å². The molecule has 96 valence electrons. The molecule has 0 spiro atoms. The molecule has 5 nitrogen and oxygen atoms in total. The first-order valence-electron chi connectivity index (χ1n) is 6.14. The van der Waals surface area contributed by atoms with Crippen LogP contribution in [0, 0.1) is 0 Å². The third kappa shape index (κ3) is 2.14. The van der Waals surface area contributed by atoms with Gasteiger partial charge in [0.1, 0.15) is 5.65 Å². The van der Waals surface area contributed by atoms with E-state index in [2.05, 4.69) is 10.1 Å². The number of carbonyl (C=O) groups excluding carboxylic acids is 1. The maximum absolute atomic E-state index is 11.1. The fourth-order valence-electron chi connectivity index (χ4n) is 2.26. The smallest absolute Gasteiger partial charge is 0.152 e. The van der Waals surface area contributed by atoms with Gasteiger partial charge in [0.25, 0.3) is 0 Å². The van der Waals surface area contributed by atoms with E-state index < -0.39 is 0 Å². The lowest BCUT2D eigenvalue weighted by Crippen LogP contribution is -2.00. The Morgan fingerprint density at radius 3 is 3.00 bits per heavy atom. The molecule has 0 fully saturated rings. The highest BCUT2D eigenvalue weighted by Gasteiger charge is 2.08. The molecule has 5 heteroatoms. The SMILES string of the molecule is Cn1cc(CCn2cc(C=O)c3cccnc32)cn1. The Labute approximate surface area is 110 Å². The third-order valence-corrected chi connectivity index (χ3v) is 3.19. The molecule has 3 aromatic heterocycles. The van der Waals surface area contributed by atoms with E-state index >= 15 is 0 Å². The Morgan fingerprint density at radius 1 is 1.37 bits per heavy atom. The first-order valence-corrected chi connectivity index (χ1v) is 6.14. The highest BCUT2D eigenvalue weighted by molar-refractivity contribution is 5.95. The van der Waals surface area contributed by atoms with Crippen LogP contribution < -0.4 is 0 Å². The first kappa shape index (κ1) is 11.6. The second kappa shape index (κ2) is 4.68. The van der Waals surface area contributed by atoms with Gasteiger partial charge < -0.3 is 4.57 Å². The lowest BCUT2D eigenvalue weighted by molar-refractivity contribution is 0.112. The second-order valence-corrected chi connectivity index (χ2v) is 4.54. The number of aromatic nitrogens is 4. The first-order chi connectivity index (χ1) is 9.28. The summed E-state index contributed by atoms with van der Waals surface area (Å²) in [6, 6.07) is 3.77. The zero-order chi connectivity index (χ0) is 13.2. The molecular formula is C14H14N4O. The summed E-state index contributed by atoms with van der Waals surface area (Å²) in [4.78, 5) is 15.4. The molecule has 0 amide bonds. The largest absolute Gasteiger partial charge is 0.331 e. The predicted octanol–water partition coefficient (Wildman–Crippen LogP) is 1.82. The number of hydrogen-bond acceptors (Lipinski definition) is 3. The third-order valence-electron chi connectivity index (χ3n) is 3.19. The highest BCUT2D eigenvalue weighted by atomic mass is 16.1. The lowest BCUT2D eigenvalue weighted by Gasteiger charge is -2.02. The summed E-state index contributed by atoms with van der Waals surface area (Å²) in [6.45, 7) is 0.785. The van der Waals surface area contributed by atoms with Crippen molar-refractivity contribution < 1.29 is 4.79 Å². The van der Waals surface area contributed by atoms with E-state index in [0.29, 0.717) is 5.56 Å². The van der Waals surface area contributed by atoms with Crippen molar-refractivity contribution in [2.45, 2.75) is 13.0 Å². The summed E-state index contributed by atoms with van der Waals surface area (Å²) >= 11 is 0. The molecule has 0 saturated heterocycles. The molecule has 0 saturated carbocycles. The van der Waals surface area contributed by atoms with Gasteiger partial charge in [-0.1, -0.05) is 0 Å². The normalized spacial score (nSPS) is 11.0. The van der Waals surface area contributed by atoms with Crippen molar-refractivity contribution in [3.05, 3.63) is 48.0 Å². The number of carbonyl (C=O) groups is 1. The maximum atomic E-state index is 11.1. The second-order valence-electron chi connectivity index (χ2n) is 4.54. The molecule has 19 heavy (non-hydrogen) atoms. The molecule has 3 aromatic rings. The van der Waals surface area contributed by atoms with Gasteiger partial charge in [-0.3, -0.25) is 9.48 Å². The van der Waals surface area contributed by atoms with Gasteiger partial charge in [0.15, 0.2) is 6.29 Å². The van der Waals surface area contributed by atoms with Crippen molar-refractivity contribution in [3.63, 3.8) is 0 Å². The van der Waals surface area contributed by atoms with Gasteiger partial charge in [-0.05, 0) is 24.1 Å². The minimum atomic E-state index is 0.689. The van der Waals surface area contributed by atoms with Crippen LogP contribution in [0.2, 0.25) is 0 Å². The van der Waals surface area contributed by atoms with Crippen LogP contribution in [-0.4, -0.2) is 25.6 Å². The van der Waals surface area contributed by atoms with E-state index in [0.717, 1.165) is 30.3 Å². The molecule has 0 aliphatic carbocycles. The zero-order valence-electron chi connectivity index (χ0n) is 10.7. The zero-order valence-corrected chi connectivity index (χ0v) is 10.7. The summed E-state index contributed by atoms with van der Waals surface area (Å²) in [5.74, 6) is 0. The molecule has 3 heterocycles. The van der Waals surface area contributed by atoms with Crippen LogP contribution in [-0.2, 0) is 20.0 Å². The van der Waals surface area contributed by atoms with Gasteiger partial charge in [-0.25, -0.2) is 4.98 Å². The average Bonchev–Trinajstić information content (AvgIpc) is 3.00. The molecular weight excluding hydrogens is 240 g/mol. The monoisotopic (exact) mass is 254 g/mol. The van der Waals surface area contributed by atoms with Crippen LogP contribution in [0.3, 0.4) is 0 Å². The summed E-state index contributed by atoms with van der Waals surface area (Å²) in [5.41, 5.74) is 2.72. The lowest BCUT2D eigenvalue weighted by atomic mass is 10.2. The average molecular weight is 254 g/mol. The minimum absolute atomic E-state index is 0.689. The molecule has 0 radical (unpaired) electrons. The molecule has 3 rings (SSSR count). The van der Waals surface area contributed by atoms with Crippen LogP contribution in [0.4, 0.5) is 0 Å². The number of fused-ring (bicyclic) bond motifs is 1. The fourth-order valence-corrected chi connectivity index (χ4v) is 2.26. The topological polar surface area (TPSA) is 52.7 Å². The van der Waals surface area contributed by atoms with Crippen molar-refractivity contribution in [3.8, 4) is 0 Å². The van der Waals surface area contributed by atoms with E-state index in [-0.39, 0.29) is 0 Å². The Kier molecular flexibility index (Phi) is 2.87. The number of aryl methyl sites for hydroxylation is 3. The Bertz CT molecular complexity index is 726. The van der Waals surface area contributed by atoms with Crippen LogP contribution in [0.1, 0.15) is 15.9 Å². The van der Waals surface area contributed by atoms with Gasteiger partial charge in [0, 0.05) is 43.1 Å². The molecule has 0 aromatic carbocycles. The summed E-state index contributed by atoms with van der Waals surface area (Å²) in [6.07, 6.45) is 9.22. The summed E-state index contributed by atoms with van der Waals surface area (Å²) < 4.78 is 3.81. The number of aldehydes is 1. The number of pyridine rings is 1. The Morgan fingerprint density at radius 2 is 2.26 bits per heavy atom. The summed E-state index contributed by atoms with van der Waals surface area (Å²) in [7, 11) is 1.90. The van der Waals surface area contributed by atoms with Gasteiger partial charge in [-0.15, -0.1) is 0 Å². The fraction of sp³-hybridized carbons (Fsp3) is 0.214. The Balaban J connectivity index is 1.90. The number of nitrogens with zero attached hydrogens (tertiary/aromatic N) is 4. The van der Waals surface area contributed by atoms with Crippen LogP contribution in [0.25, 0.3) is 11.0 Å². The van der Waals surface area contributed by atoms with E-state index in [1.54, 1.807) is 10.9 Å².